The third kappa shape index (κ3) is 10.3. The first kappa shape index (κ1) is 47.2. The van der Waals surface area contributed by atoms with Gasteiger partial charge in [0.1, 0.15) is 24.2 Å². The highest BCUT2D eigenvalue weighted by atomic mass is 32.2. The number of anilines is 2. The molecular formula is C45H64N8O4S4. The summed E-state index contributed by atoms with van der Waals surface area (Å²) < 4.78 is 0. The Morgan fingerprint density at radius 3 is 1.61 bits per heavy atom. The Bertz CT molecular complexity index is 2010. The average molecular weight is 909 g/mol. The largest absolute Gasteiger partial charge is 0.367 e. The second-order valence-corrected chi connectivity index (χ2v) is 22.1. The van der Waals surface area contributed by atoms with E-state index in [1.54, 1.807) is 28.4 Å². The minimum Gasteiger partial charge on any atom is -0.367 e. The van der Waals surface area contributed by atoms with Crippen LogP contribution in [0.5, 0.6) is 0 Å². The Kier molecular flexibility index (Phi) is 14.9. The molecule has 0 aromatic heterocycles. The zero-order valence-electron chi connectivity index (χ0n) is 37.0. The molecule has 4 aliphatic rings. The van der Waals surface area contributed by atoms with Gasteiger partial charge < -0.3 is 41.7 Å². The van der Waals surface area contributed by atoms with Crippen molar-refractivity contribution in [3.8, 4) is 0 Å². The second-order valence-electron chi connectivity index (χ2n) is 18.7. The molecule has 6 rings (SSSR count). The van der Waals surface area contributed by atoms with Gasteiger partial charge in [-0.2, -0.15) is 0 Å². The number of hydrogen-bond acceptors (Lipinski definition) is 10. The molecule has 16 heteroatoms. The van der Waals surface area contributed by atoms with E-state index in [4.69, 9.17) is 24.4 Å². The lowest BCUT2D eigenvalue weighted by molar-refractivity contribution is -0.140. The number of thioether (sulfide) groups is 2. The van der Waals surface area contributed by atoms with Crippen LogP contribution >= 0.6 is 48.0 Å². The number of fused-ring (bicyclic) bond motifs is 2. The zero-order chi connectivity index (χ0) is 44.4. The van der Waals surface area contributed by atoms with E-state index in [1.165, 1.54) is 0 Å². The van der Waals surface area contributed by atoms with Gasteiger partial charge in [0.25, 0.3) is 0 Å². The number of benzene rings is 2. The lowest BCUT2D eigenvalue weighted by Gasteiger charge is -2.35. The molecule has 7 atom stereocenters. The lowest BCUT2D eigenvalue weighted by atomic mass is 9.84. The first-order valence-corrected chi connectivity index (χ1v) is 24.3. The Morgan fingerprint density at radius 2 is 1.18 bits per heavy atom. The van der Waals surface area contributed by atoms with E-state index in [-0.39, 0.29) is 40.4 Å². The molecule has 61 heavy (non-hydrogen) atoms. The monoisotopic (exact) mass is 908 g/mol. The van der Waals surface area contributed by atoms with Crippen molar-refractivity contribution in [2.75, 3.05) is 36.2 Å². The predicted octanol–water partition coefficient (Wildman–Crippen LogP) is 5.71. The molecule has 2 aromatic rings. The number of thiocarbonyl (C=S) groups is 2. The molecule has 4 heterocycles. The van der Waals surface area contributed by atoms with Crippen molar-refractivity contribution in [1.82, 2.24) is 31.1 Å². The fourth-order valence-electron chi connectivity index (χ4n) is 8.98. The minimum atomic E-state index is -0.678. The van der Waals surface area contributed by atoms with E-state index >= 15 is 0 Å². The van der Waals surface area contributed by atoms with Gasteiger partial charge in [-0.05, 0) is 119 Å². The molecule has 4 fully saturated rings. The highest BCUT2D eigenvalue weighted by molar-refractivity contribution is 8.00. The summed E-state index contributed by atoms with van der Waals surface area (Å²) in [4.78, 5) is 62.2. The molecule has 4 saturated heterocycles. The van der Waals surface area contributed by atoms with Crippen molar-refractivity contribution >= 4 is 92.9 Å². The maximum atomic E-state index is 14.5. The van der Waals surface area contributed by atoms with Crippen molar-refractivity contribution in [2.45, 2.75) is 133 Å². The summed E-state index contributed by atoms with van der Waals surface area (Å²) >= 11 is 14.8. The number of aryl methyl sites for hydroxylation is 2. The van der Waals surface area contributed by atoms with E-state index in [1.807, 2.05) is 88.3 Å². The Balaban J connectivity index is 1.16. The van der Waals surface area contributed by atoms with E-state index < -0.39 is 40.5 Å². The topological polar surface area (TPSA) is 147 Å². The third-order valence-electron chi connectivity index (χ3n) is 12.9. The standard InChI is InChI=1S/C45H64N8O4S4/c1-26(46-8)39(58)50-31-20-22-60-33-24-43(2,3)35(52(33)40(31)56)37(54)48-29-16-12-10-14-27(29)18-19-28-15-11-13-17-30(28)49-38(55)36-44(4,5)25-34-53(36)41(57)32(21-23-61-34)51-42(59)45(6,7)47-9/h10-17,26,31-36,46-47H,18-25H2,1-9H3,(H,48,54)(H,49,55)(H,50,58)(H,51,59)/t26-,31-,32-,33-,34-,35+,36+/m0/s1. The normalized spacial score (nSPS) is 26.3. The van der Waals surface area contributed by atoms with Crippen molar-refractivity contribution in [3.05, 3.63) is 59.7 Å². The number of nitrogens with one attached hydrogen (secondary N) is 6. The third-order valence-corrected chi connectivity index (χ3v) is 16.5. The molecule has 0 radical (unpaired) electrons. The maximum absolute atomic E-state index is 14.5. The van der Waals surface area contributed by atoms with Gasteiger partial charge in [-0.25, -0.2) is 0 Å². The number of likely N-dealkylation sites (N-methyl/N-ethyl adjacent to an activating group) is 2. The van der Waals surface area contributed by atoms with Crippen LogP contribution in [0, 0.1) is 10.8 Å². The molecule has 0 bridgehead atoms. The first-order chi connectivity index (χ1) is 28.8. The summed E-state index contributed by atoms with van der Waals surface area (Å²) in [5.74, 6) is 0.945. The van der Waals surface area contributed by atoms with Gasteiger partial charge in [0, 0.05) is 11.4 Å². The van der Waals surface area contributed by atoms with Crippen LogP contribution in [-0.2, 0) is 32.0 Å². The molecule has 0 unspecified atom stereocenters. The number of carbonyl (C=O) groups is 4. The quantitative estimate of drug-likeness (QED) is 0.137. The smallest absolute Gasteiger partial charge is 0.247 e. The molecule has 6 N–H and O–H groups in total. The summed E-state index contributed by atoms with van der Waals surface area (Å²) in [6, 6.07) is 13.1. The first-order valence-electron chi connectivity index (χ1n) is 21.4. The molecule has 4 aliphatic heterocycles. The zero-order valence-corrected chi connectivity index (χ0v) is 40.2. The molecule has 332 valence electrons. The van der Waals surface area contributed by atoms with Gasteiger partial charge in [-0.15, -0.1) is 23.5 Å². The fourth-order valence-corrected chi connectivity index (χ4v) is 12.6. The van der Waals surface area contributed by atoms with Gasteiger partial charge in [-0.3, -0.25) is 19.2 Å². The van der Waals surface area contributed by atoms with Crippen molar-refractivity contribution in [2.24, 2.45) is 10.8 Å². The average Bonchev–Trinajstić information content (AvgIpc) is 3.53. The summed E-state index contributed by atoms with van der Waals surface area (Å²) in [7, 11) is 3.68. The fraction of sp³-hybridized carbons (Fsp3) is 0.600. The van der Waals surface area contributed by atoms with E-state index in [0.29, 0.717) is 59.9 Å². The molecule has 0 aliphatic carbocycles. The number of rotatable bonds is 13. The van der Waals surface area contributed by atoms with E-state index in [9.17, 15) is 19.2 Å². The second kappa shape index (κ2) is 19.2. The van der Waals surface area contributed by atoms with Gasteiger partial charge in [-0.1, -0.05) is 88.5 Å². The molecule has 0 saturated carbocycles. The maximum Gasteiger partial charge on any atom is 0.247 e. The number of carbonyl (C=O) groups excluding carboxylic acids is 4. The molecular weight excluding hydrogens is 845 g/mol. The van der Waals surface area contributed by atoms with Crippen LogP contribution < -0.4 is 31.9 Å². The Morgan fingerprint density at radius 1 is 0.754 bits per heavy atom. The SMILES string of the molecule is CN[C@@H](C)C(=S)N[C@H]1CCS[C@H]2CC(C)(C)[C@@H](C(=O)Nc3ccccc3CCc3ccccc3NC(=O)[C@H]3N4C(=O)[C@@H](NC(=S)C(C)(C)NC)CCS[C@H]4CC3(C)C)N2C1=O. The van der Waals surface area contributed by atoms with Crippen LogP contribution in [0.15, 0.2) is 48.5 Å². The van der Waals surface area contributed by atoms with Crippen molar-refractivity contribution < 1.29 is 19.2 Å². The predicted molar refractivity (Wildman–Crippen MR) is 258 cm³/mol. The van der Waals surface area contributed by atoms with Crippen LogP contribution in [0.4, 0.5) is 11.4 Å². The van der Waals surface area contributed by atoms with Gasteiger partial charge in [0.2, 0.25) is 23.6 Å². The van der Waals surface area contributed by atoms with Crippen LogP contribution in [0.2, 0.25) is 0 Å². The Hall–Kier alpha value is -3.28. The minimum absolute atomic E-state index is 0.0860. The summed E-state index contributed by atoms with van der Waals surface area (Å²) in [6.45, 7) is 14.2. The van der Waals surface area contributed by atoms with Crippen LogP contribution in [0.1, 0.15) is 85.3 Å². The van der Waals surface area contributed by atoms with Gasteiger partial charge >= 0.3 is 0 Å². The summed E-state index contributed by atoms with van der Waals surface area (Å²) in [5, 5.41) is 19.2. The van der Waals surface area contributed by atoms with Crippen molar-refractivity contribution in [1.29, 1.82) is 0 Å². The number of hydrogen-bond donors (Lipinski definition) is 6. The lowest BCUT2D eigenvalue weighted by Crippen LogP contribution is -2.59. The van der Waals surface area contributed by atoms with Crippen LogP contribution in [-0.4, -0.2) is 116 Å². The number of para-hydroxylation sites is 2. The highest BCUT2D eigenvalue weighted by Gasteiger charge is 2.56. The van der Waals surface area contributed by atoms with E-state index in [2.05, 4.69) is 59.6 Å². The molecule has 4 amide bonds. The van der Waals surface area contributed by atoms with E-state index in [0.717, 1.165) is 22.6 Å². The molecule has 12 nitrogen and oxygen atoms in total. The summed E-state index contributed by atoms with van der Waals surface area (Å²) in [6.07, 6.45) is 3.83. The number of nitrogens with zero attached hydrogens (tertiary/aromatic N) is 2. The highest BCUT2D eigenvalue weighted by Crippen LogP contribution is 2.48. The molecule has 2 aromatic carbocycles. The van der Waals surface area contributed by atoms with Crippen molar-refractivity contribution in [3.63, 3.8) is 0 Å². The molecule has 0 spiro atoms. The van der Waals surface area contributed by atoms with Crippen LogP contribution in [0.3, 0.4) is 0 Å². The van der Waals surface area contributed by atoms with Crippen LogP contribution in [0.25, 0.3) is 0 Å². The Labute approximate surface area is 381 Å². The van der Waals surface area contributed by atoms with Gasteiger partial charge in [0.15, 0.2) is 0 Å². The van der Waals surface area contributed by atoms with Gasteiger partial charge in [0.05, 0.1) is 32.3 Å². The number of amides is 4. The summed E-state index contributed by atoms with van der Waals surface area (Å²) in [5.41, 5.74) is 1.86.